The summed E-state index contributed by atoms with van der Waals surface area (Å²) in [4.78, 5) is 32.9. The van der Waals surface area contributed by atoms with Gasteiger partial charge in [-0.3, -0.25) is 14.5 Å². The zero-order chi connectivity index (χ0) is 25.5. The van der Waals surface area contributed by atoms with Crippen molar-refractivity contribution in [3.05, 3.63) is 30.0 Å². The highest BCUT2D eigenvalue weighted by molar-refractivity contribution is 7.99. The summed E-state index contributed by atoms with van der Waals surface area (Å²) in [6.07, 6.45) is 7.04. The lowest BCUT2D eigenvalue weighted by Crippen LogP contribution is -2.49. The number of likely N-dealkylation sites (tertiary alicyclic amines) is 1. The molecule has 2 amide bonds. The maximum Gasteiger partial charge on any atom is 0.270 e. The lowest BCUT2D eigenvalue weighted by atomic mass is 10.0. The van der Waals surface area contributed by atoms with Crippen LogP contribution < -0.4 is 15.4 Å². The maximum atomic E-state index is 13.4. The summed E-state index contributed by atoms with van der Waals surface area (Å²) in [6, 6.07) is 8.47. The van der Waals surface area contributed by atoms with Crippen molar-refractivity contribution < 1.29 is 14.3 Å². The third-order valence-corrected chi connectivity index (χ3v) is 8.26. The zero-order valence-corrected chi connectivity index (χ0v) is 22.7. The summed E-state index contributed by atoms with van der Waals surface area (Å²) >= 11 is 1.63. The lowest BCUT2D eigenvalue weighted by molar-refractivity contribution is -0.118. The van der Waals surface area contributed by atoms with Crippen LogP contribution in [0.1, 0.15) is 69.8 Å². The molecule has 2 aromatic rings. The van der Waals surface area contributed by atoms with Crippen molar-refractivity contribution in [1.29, 1.82) is 0 Å². The van der Waals surface area contributed by atoms with Gasteiger partial charge in [0.2, 0.25) is 5.91 Å². The van der Waals surface area contributed by atoms with Gasteiger partial charge in [0, 0.05) is 48.1 Å². The van der Waals surface area contributed by atoms with Crippen LogP contribution in [0.15, 0.2) is 29.2 Å². The second kappa shape index (κ2) is 12.8. The maximum absolute atomic E-state index is 13.4. The van der Waals surface area contributed by atoms with E-state index in [1.807, 2.05) is 24.3 Å². The number of rotatable bonds is 10. The van der Waals surface area contributed by atoms with Gasteiger partial charge in [-0.1, -0.05) is 25.0 Å². The molecule has 1 saturated heterocycles. The predicted molar refractivity (Wildman–Crippen MR) is 146 cm³/mol. The van der Waals surface area contributed by atoms with Crippen LogP contribution in [0.25, 0.3) is 10.9 Å². The van der Waals surface area contributed by atoms with Crippen molar-refractivity contribution in [2.75, 3.05) is 32.0 Å². The first-order valence-corrected chi connectivity index (χ1v) is 14.4. The van der Waals surface area contributed by atoms with Gasteiger partial charge in [0.05, 0.1) is 6.61 Å². The van der Waals surface area contributed by atoms with Gasteiger partial charge in [-0.05, 0) is 64.1 Å². The molecule has 0 spiro atoms. The molecule has 1 aromatic heterocycles. The molecule has 196 valence electrons. The summed E-state index contributed by atoms with van der Waals surface area (Å²) in [5.41, 5.74) is 1.15. The minimum absolute atomic E-state index is 0.0409. The quantitative estimate of drug-likeness (QED) is 0.357. The first kappa shape index (κ1) is 26.7. The summed E-state index contributed by atoms with van der Waals surface area (Å²) in [6.45, 7) is 9.12. The van der Waals surface area contributed by atoms with Gasteiger partial charge < -0.3 is 15.4 Å². The monoisotopic (exact) mass is 512 g/mol. The van der Waals surface area contributed by atoms with Gasteiger partial charge in [0.15, 0.2) is 0 Å². The number of thioether (sulfide) groups is 1. The highest BCUT2D eigenvalue weighted by atomic mass is 32.2. The van der Waals surface area contributed by atoms with Crippen LogP contribution in [0.5, 0.6) is 5.75 Å². The summed E-state index contributed by atoms with van der Waals surface area (Å²) in [7, 11) is 0. The normalized spacial score (nSPS) is 19.1. The second-order valence-corrected chi connectivity index (χ2v) is 11.5. The molecule has 4 rings (SSSR count). The predicted octanol–water partition coefficient (Wildman–Crippen LogP) is 4.63. The Morgan fingerprint density at radius 3 is 2.75 bits per heavy atom. The number of para-hydroxylation sites is 1. The Morgan fingerprint density at radius 2 is 2.00 bits per heavy atom. The summed E-state index contributed by atoms with van der Waals surface area (Å²) < 4.78 is 6.27. The molecular weight excluding hydrogens is 472 g/mol. The molecule has 0 radical (unpaired) electrons. The molecule has 2 N–H and O–H groups in total. The first-order chi connectivity index (χ1) is 17.4. The van der Waals surface area contributed by atoms with E-state index < -0.39 is 0 Å². The fraction of sp³-hybridized carbons (Fsp3) is 0.607. The number of aromatic nitrogens is 1. The van der Waals surface area contributed by atoms with E-state index in [-0.39, 0.29) is 17.9 Å². The average molecular weight is 513 g/mol. The van der Waals surface area contributed by atoms with Crippen molar-refractivity contribution >= 4 is 34.5 Å². The van der Waals surface area contributed by atoms with Gasteiger partial charge in [-0.2, -0.15) is 0 Å². The molecule has 0 bridgehead atoms. The van der Waals surface area contributed by atoms with E-state index in [9.17, 15) is 9.59 Å². The molecule has 8 heteroatoms. The van der Waals surface area contributed by atoms with E-state index in [0.717, 1.165) is 47.5 Å². The fourth-order valence-corrected chi connectivity index (χ4v) is 6.11. The molecule has 2 fully saturated rings. The molecule has 1 aliphatic heterocycles. The molecular formula is C28H40N4O3S. The highest BCUT2D eigenvalue weighted by Gasteiger charge is 2.25. The average Bonchev–Trinajstić information content (AvgIpc) is 3.39. The van der Waals surface area contributed by atoms with Gasteiger partial charge in [-0.15, -0.1) is 11.8 Å². The zero-order valence-electron chi connectivity index (χ0n) is 21.8. The van der Waals surface area contributed by atoms with E-state index in [4.69, 9.17) is 9.72 Å². The fourth-order valence-electron chi connectivity index (χ4n) is 5.17. The van der Waals surface area contributed by atoms with Gasteiger partial charge in [0.1, 0.15) is 17.0 Å². The van der Waals surface area contributed by atoms with E-state index in [1.54, 1.807) is 11.8 Å². The number of nitrogens with one attached hydrogen (secondary N) is 2. The second-order valence-electron chi connectivity index (χ2n) is 10.4. The van der Waals surface area contributed by atoms with Crippen LogP contribution >= 0.6 is 11.8 Å². The number of hydrogen-bond donors (Lipinski definition) is 2. The third-order valence-electron chi connectivity index (χ3n) is 7.20. The smallest absolute Gasteiger partial charge is 0.270 e. The van der Waals surface area contributed by atoms with Gasteiger partial charge in [0.25, 0.3) is 5.91 Å². The Morgan fingerprint density at radius 1 is 1.19 bits per heavy atom. The Hall–Kier alpha value is -2.32. The molecule has 7 nitrogen and oxygen atoms in total. The van der Waals surface area contributed by atoms with Crippen LogP contribution in [0.4, 0.5) is 0 Å². The number of fused-ring (bicyclic) bond motifs is 1. The minimum Gasteiger partial charge on any atom is -0.491 e. The molecule has 1 aromatic carbocycles. The Bertz CT molecular complexity index is 1050. The summed E-state index contributed by atoms with van der Waals surface area (Å²) in [5.74, 6) is 1.86. The van der Waals surface area contributed by atoms with Crippen molar-refractivity contribution in [1.82, 2.24) is 20.5 Å². The third kappa shape index (κ3) is 7.13. The van der Waals surface area contributed by atoms with E-state index in [2.05, 4.69) is 29.4 Å². The number of amides is 2. The van der Waals surface area contributed by atoms with Crippen LogP contribution in [0.2, 0.25) is 0 Å². The molecule has 1 atom stereocenters. The lowest BCUT2D eigenvalue weighted by Gasteiger charge is -2.35. The van der Waals surface area contributed by atoms with Crippen molar-refractivity contribution in [3.8, 4) is 5.75 Å². The molecule has 0 unspecified atom stereocenters. The SMILES string of the molecule is CC(=O)NCCSc1cc(C(=O)N[C@@H]2CCCN(C(C)C)C2)nc2c(OCC3CCCC3)cccc12. The van der Waals surface area contributed by atoms with Crippen molar-refractivity contribution in [2.45, 2.75) is 76.3 Å². The number of nitrogens with zero attached hydrogens (tertiary/aromatic N) is 2. The summed E-state index contributed by atoms with van der Waals surface area (Å²) in [5, 5.41) is 7.07. The molecule has 1 saturated carbocycles. The van der Waals surface area contributed by atoms with E-state index >= 15 is 0 Å². The van der Waals surface area contributed by atoms with Crippen molar-refractivity contribution in [2.24, 2.45) is 5.92 Å². The minimum atomic E-state index is -0.137. The number of pyridine rings is 1. The Labute approximate surface area is 219 Å². The van der Waals surface area contributed by atoms with Gasteiger partial charge in [-0.25, -0.2) is 4.98 Å². The number of benzene rings is 1. The molecule has 2 heterocycles. The van der Waals surface area contributed by atoms with Crippen LogP contribution in [-0.2, 0) is 4.79 Å². The van der Waals surface area contributed by atoms with E-state index in [0.29, 0.717) is 36.6 Å². The number of carbonyl (C=O) groups excluding carboxylic acids is 2. The van der Waals surface area contributed by atoms with E-state index in [1.165, 1.54) is 32.6 Å². The van der Waals surface area contributed by atoms with Crippen LogP contribution in [-0.4, -0.2) is 65.8 Å². The number of hydrogen-bond acceptors (Lipinski definition) is 6. The standard InChI is InChI=1S/C28H40N4O3S/c1-19(2)32-14-7-10-22(17-32)30-28(34)24-16-26(36-15-13-29-20(3)33)23-11-6-12-25(27(23)31-24)35-18-21-8-4-5-9-21/h6,11-12,16,19,21-22H,4-5,7-10,13-15,17-18H2,1-3H3,(H,29,33)(H,30,34)/t22-/m1/s1. The topological polar surface area (TPSA) is 83.6 Å². The van der Waals surface area contributed by atoms with Gasteiger partial charge >= 0.3 is 0 Å². The highest BCUT2D eigenvalue weighted by Crippen LogP contribution is 2.34. The molecule has 1 aliphatic carbocycles. The number of carbonyl (C=O) groups is 2. The number of ether oxygens (including phenoxy) is 1. The number of piperidine rings is 1. The van der Waals surface area contributed by atoms with Crippen LogP contribution in [0.3, 0.4) is 0 Å². The first-order valence-electron chi connectivity index (χ1n) is 13.4. The van der Waals surface area contributed by atoms with Crippen LogP contribution in [0, 0.1) is 5.92 Å². The van der Waals surface area contributed by atoms with Crippen molar-refractivity contribution in [3.63, 3.8) is 0 Å². The largest absolute Gasteiger partial charge is 0.491 e. The Balaban J connectivity index is 1.57. The molecule has 2 aliphatic rings. The molecule has 36 heavy (non-hydrogen) atoms. The Kier molecular flexibility index (Phi) is 9.48.